The number of ether oxygens (including phenoxy) is 3. The number of nitrogens with zero attached hydrogens (tertiary/aromatic N) is 4. The lowest BCUT2D eigenvalue weighted by atomic mass is 9.84. The fourth-order valence-electron chi connectivity index (χ4n) is 6.00. The predicted molar refractivity (Wildman–Crippen MR) is 188 cm³/mol. The number of aliphatic imine (C=N–C) groups is 1. The molecule has 1 aliphatic rings. The Morgan fingerprint density at radius 1 is 0.846 bits per heavy atom. The summed E-state index contributed by atoms with van der Waals surface area (Å²) in [5.41, 5.74) is 1.11. The number of hydrogen-bond acceptors (Lipinski definition) is 7. The minimum atomic E-state index is -4.83. The molecule has 0 saturated heterocycles. The van der Waals surface area contributed by atoms with Gasteiger partial charge in [-0.2, -0.15) is 18.4 Å². The number of amidine groups is 1. The fourth-order valence-corrected chi connectivity index (χ4v) is 6.00. The topological polar surface area (TPSA) is 80.0 Å². The fraction of sp³-hybridized carbons (Fsp3) is 0.195. The summed E-state index contributed by atoms with van der Waals surface area (Å²) in [6.45, 7) is 1.46. The van der Waals surface area contributed by atoms with Crippen LogP contribution in [0.4, 0.5) is 23.2 Å². The zero-order valence-corrected chi connectivity index (χ0v) is 28.4. The SMILES string of the molecule is COc1ccc(C(c2ccccc2)N(C2=N[C@](C)(c3cc(C#Cc4ccc(C#N)nc4)ccc3F)C[C@@H](C(F)(F)F)O2)c2ccc(OC)cc2)cc1. The molecule has 1 unspecified atom stereocenters. The third-order valence-electron chi connectivity index (χ3n) is 8.68. The van der Waals surface area contributed by atoms with Crippen LogP contribution in [0, 0.1) is 29.0 Å². The molecule has 1 aliphatic heterocycles. The maximum absolute atomic E-state index is 15.8. The van der Waals surface area contributed by atoms with Crippen molar-refractivity contribution in [3.63, 3.8) is 0 Å². The van der Waals surface area contributed by atoms with Gasteiger partial charge in [0.15, 0.2) is 6.10 Å². The minimum absolute atomic E-state index is 0.0808. The lowest BCUT2D eigenvalue weighted by molar-refractivity contribution is -0.208. The Morgan fingerprint density at radius 3 is 2.06 bits per heavy atom. The second-order valence-corrected chi connectivity index (χ2v) is 12.2. The first-order valence-electron chi connectivity index (χ1n) is 16.1. The predicted octanol–water partition coefficient (Wildman–Crippen LogP) is 8.73. The molecule has 0 spiro atoms. The summed E-state index contributed by atoms with van der Waals surface area (Å²) >= 11 is 0. The number of anilines is 1. The molecule has 0 bridgehead atoms. The van der Waals surface area contributed by atoms with Crippen molar-refractivity contribution in [3.8, 4) is 29.4 Å². The van der Waals surface area contributed by atoms with Crippen LogP contribution < -0.4 is 14.4 Å². The molecule has 0 fully saturated rings. The molecule has 0 amide bonds. The van der Waals surface area contributed by atoms with Crippen molar-refractivity contribution >= 4 is 11.7 Å². The van der Waals surface area contributed by atoms with Crippen LogP contribution in [-0.2, 0) is 10.3 Å². The van der Waals surface area contributed by atoms with E-state index in [9.17, 15) is 13.2 Å². The first-order valence-corrected chi connectivity index (χ1v) is 16.1. The second-order valence-electron chi connectivity index (χ2n) is 12.2. The van der Waals surface area contributed by atoms with Crippen LogP contribution >= 0.6 is 0 Å². The van der Waals surface area contributed by atoms with Crippen LogP contribution in [0.5, 0.6) is 11.5 Å². The van der Waals surface area contributed by atoms with Crippen molar-refractivity contribution in [1.29, 1.82) is 5.26 Å². The number of halogens is 4. The molecule has 0 radical (unpaired) electrons. The van der Waals surface area contributed by atoms with E-state index in [1.54, 1.807) is 54.5 Å². The first kappa shape index (κ1) is 35.5. The van der Waals surface area contributed by atoms with E-state index in [2.05, 4.69) is 16.8 Å². The first-order chi connectivity index (χ1) is 25.0. The molecule has 7 nitrogen and oxygen atoms in total. The van der Waals surface area contributed by atoms with Crippen molar-refractivity contribution in [2.24, 2.45) is 4.99 Å². The highest BCUT2D eigenvalue weighted by Crippen LogP contribution is 2.44. The number of alkyl halides is 3. The van der Waals surface area contributed by atoms with Gasteiger partial charge in [-0.05, 0) is 84.8 Å². The number of rotatable bonds is 7. The van der Waals surface area contributed by atoms with E-state index in [0.717, 1.165) is 5.56 Å². The molecular weight excluding hydrogens is 672 g/mol. The molecule has 3 atom stereocenters. The summed E-state index contributed by atoms with van der Waals surface area (Å²) in [6.07, 6.45) is -6.42. The highest BCUT2D eigenvalue weighted by molar-refractivity contribution is 5.94. The maximum atomic E-state index is 15.8. The van der Waals surface area contributed by atoms with Gasteiger partial charge in [-0.25, -0.2) is 14.4 Å². The van der Waals surface area contributed by atoms with Crippen LogP contribution in [-0.4, -0.2) is 37.5 Å². The highest BCUT2D eigenvalue weighted by atomic mass is 19.4. The van der Waals surface area contributed by atoms with E-state index in [1.165, 1.54) is 44.5 Å². The van der Waals surface area contributed by atoms with E-state index in [0.29, 0.717) is 33.9 Å². The summed E-state index contributed by atoms with van der Waals surface area (Å²) in [4.78, 5) is 10.4. The van der Waals surface area contributed by atoms with Gasteiger partial charge in [-0.3, -0.25) is 4.90 Å². The van der Waals surface area contributed by atoms with Gasteiger partial charge in [0.1, 0.15) is 29.1 Å². The average Bonchev–Trinajstić information content (AvgIpc) is 3.16. The van der Waals surface area contributed by atoms with E-state index in [1.807, 2.05) is 48.5 Å². The molecule has 0 aliphatic carbocycles. The molecule has 4 aromatic carbocycles. The maximum Gasteiger partial charge on any atom is 0.425 e. The largest absolute Gasteiger partial charge is 0.497 e. The molecule has 0 N–H and O–H groups in total. The summed E-state index contributed by atoms with van der Waals surface area (Å²) in [6, 6.07) is 31.2. The number of methoxy groups -OCH3 is 2. The quantitative estimate of drug-likeness (QED) is 0.125. The normalized spacial score (nSPS) is 17.3. The van der Waals surface area contributed by atoms with Gasteiger partial charge < -0.3 is 14.2 Å². The van der Waals surface area contributed by atoms with Gasteiger partial charge in [0.05, 0.1) is 25.8 Å². The molecular formula is C41H32F4N4O3. The summed E-state index contributed by atoms with van der Waals surface area (Å²) in [5.74, 6) is 6.22. The Balaban J connectivity index is 1.54. The third kappa shape index (κ3) is 7.69. The molecule has 6 rings (SSSR count). The molecule has 5 aromatic rings. The standard InChI is InChI=1S/C41H32F4N4O3/c1-40(35-23-27(12-22-36(35)42)9-10-28-11-15-31(25-46)47-26-28)24-37(41(43,44)45)52-39(48-40)49(32-16-20-34(51-3)21-17-32)38(29-7-5-4-6-8-29)30-13-18-33(50-2)19-14-30/h4-8,11-23,26,37-38H,24H2,1-3H3/t37-,38?,40-/m0/s1. The van der Waals surface area contributed by atoms with Gasteiger partial charge in [0, 0.05) is 35.0 Å². The summed E-state index contributed by atoms with van der Waals surface area (Å²) < 4.78 is 76.9. The van der Waals surface area contributed by atoms with Crippen LogP contribution in [0.25, 0.3) is 0 Å². The Bertz CT molecular complexity index is 2160. The van der Waals surface area contributed by atoms with Crippen molar-refractivity contribution in [1.82, 2.24) is 4.98 Å². The van der Waals surface area contributed by atoms with Crippen LogP contribution in [0.3, 0.4) is 0 Å². The van der Waals surface area contributed by atoms with Gasteiger partial charge in [0.25, 0.3) is 6.02 Å². The average molecular weight is 705 g/mol. The van der Waals surface area contributed by atoms with Crippen molar-refractivity contribution in [2.75, 3.05) is 19.1 Å². The zero-order chi connectivity index (χ0) is 36.9. The molecule has 11 heteroatoms. The number of hydrogen-bond donors (Lipinski definition) is 0. The number of pyridine rings is 1. The number of benzene rings is 4. The Morgan fingerprint density at radius 2 is 1.46 bits per heavy atom. The van der Waals surface area contributed by atoms with Crippen LogP contribution in [0.2, 0.25) is 0 Å². The highest BCUT2D eigenvalue weighted by Gasteiger charge is 2.52. The molecule has 262 valence electrons. The summed E-state index contributed by atoms with van der Waals surface area (Å²) in [7, 11) is 3.05. The Kier molecular flexibility index (Phi) is 10.2. The van der Waals surface area contributed by atoms with Gasteiger partial charge >= 0.3 is 6.18 Å². The van der Waals surface area contributed by atoms with E-state index in [-0.39, 0.29) is 17.3 Å². The molecule has 52 heavy (non-hydrogen) atoms. The number of aromatic nitrogens is 1. The van der Waals surface area contributed by atoms with E-state index in [4.69, 9.17) is 24.5 Å². The van der Waals surface area contributed by atoms with Crippen molar-refractivity contribution < 1.29 is 31.8 Å². The monoisotopic (exact) mass is 704 g/mol. The molecule has 1 aromatic heterocycles. The number of nitriles is 1. The zero-order valence-electron chi connectivity index (χ0n) is 28.4. The molecule has 0 saturated carbocycles. The summed E-state index contributed by atoms with van der Waals surface area (Å²) in [5, 5.41) is 9.03. The Hall–Kier alpha value is -6.33. The Labute approximate surface area is 298 Å². The van der Waals surface area contributed by atoms with Crippen LogP contribution in [0.15, 0.2) is 120 Å². The lowest BCUT2D eigenvalue weighted by Gasteiger charge is -2.42. The van der Waals surface area contributed by atoms with Crippen LogP contribution in [0.1, 0.15) is 52.9 Å². The van der Waals surface area contributed by atoms with Gasteiger partial charge in [0.2, 0.25) is 0 Å². The molecule has 2 heterocycles. The van der Waals surface area contributed by atoms with Crippen molar-refractivity contribution in [2.45, 2.75) is 37.2 Å². The lowest BCUT2D eigenvalue weighted by Crippen LogP contribution is -2.50. The van der Waals surface area contributed by atoms with E-state index >= 15 is 4.39 Å². The van der Waals surface area contributed by atoms with E-state index < -0.39 is 36.1 Å². The van der Waals surface area contributed by atoms with Crippen molar-refractivity contribution in [3.05, 3.63) is 155 Å². The third-order valence-corrected chi connectivity index (χ3v) is 8.68. The van der Waals surface area contributed by atoms with Gasteiger partial charge in [-0.15, -0.1) is 0 Å². The smallest absolute Gasteiger partial charge is 0.425 e. The minimum Gasteiger partial charge on any atom is -0.497 e. The van der Waals surface area contributed by atoms with Gasteiger partial charge in [-0.1, -0.05) is 54.3 Å². The second kappa shape index (κ2) is 14.9.